The van der Waals surface area contributed by atoms with Crippen LogP contribution in [0.1, 0.15) is 0 Å². The Morgan fingerprint density at radius 3 is 0.738 bits per heavy atom. The Kier molecular flexibility index (Phi) is 10.9. The minimum atomic E-state index is 1.29. The quantitative estimate of drug-likeness (QED) is 0.124. The molecule has 21 heteroatoms. The zero-order valence-electron chi connectivity index (χ0n) is 41.4. The molecule has 0 aliphatic carbocycles. The summed E-state index contributed by atoms with van der Waals surface area (Å²) in [6.45, 7) is 0. The molecule has 0 nitrogen and oxygen atoms in total. The van der Waals surface area contributed by atoms with Crippen molar-refractivity contribution in [3.05, 3.63) is 30.3 Å². The average Bonchev–Trinajstić information content (AvgIpc) is 3.24. The van der Waals surface area contributed by atoms with Gasteiger partial charge in [0.25, 0.3) is 0 Å². The summed E-state index contributed by atoms with van der Waals surface area (Å²) in [6, 6.07) is 11.3. The van der Waals surface area contributed by atoms with Crippen molar-refractivity contribution >= 4 is 323 Å². The SMILES string of the molecule is Bc1c(B)c(B)c2c(-c3c(B)c(B)c(B)c4c(B)c(B)c(-c5c6c(B)c(B)c(B)c(B)c6c(-c6ccccc6)c6c(B)c(B)c(B)c(B)c56)c(B)c34)c(B)c(B)c(B)c2c1B. The van der Waals surface area contributed by atoms with Crippen molar-refractivity contribution in [1.29, 1.82) is 0 Å². The monoisotopic (exact) mass is 759 g/mol. The molecule has 8 aromatic carbocycles. The number of hydrogen-bond acceptors (Lipinski definition) is 0. The highest BCUT2D eigenvalue weighted by molar-refractivity contribution is 6.76. The predicted octanol–water partition coefficient (Wildman–Crippen LogP) is -25.3. The van der Waals surface area contributed by atoms with Crippen LogP contribution in [0.3, 0.4) is 0 Å². The van der Waals surface area contributed by atoms with E-state index in [-0.39, 0.29) is 0 Å². The third kappa shape index (κ3) is 5.83. The predicted molar refractivity (Wildman–Crippen MR) is 345 cm³/mol. The van der Waals surface area contributed by atoms with E-state index in [9.17, 15) is 0 Å². The second kappa shape index (κ2) is 15.2. The van der Waals surface area contributed by atoms with E-state index in [2.05, 4.69) is 195 Å². The summed E-state index contributed by atoms with van der Waals surface area (Å²) in [7, 11) is 50.0. The van der Waals surface area contributed by atoms with Crippen LogP contribution in [0.2, 0.25) is 0 Å². The minimum Gasteiger partial charge on any atom is -0.101 e. The fourth-order valence-electron chi connectivity index (χ4n) is 12.0. The van der Waals surface area contributed by atoms with Crippen LogP contribution in [-0.4, -0.2) is 165 Å². The van der Waals surface area contributed by atoms with Crippen LogP contribution < -0.4 is 115 Å². The van der Waals surface area contributed by atoms with Crippen LogP contribution in [0.5, 0.6) is 0 Å². The molecule has 0 saturated heterocycles. The van der Waals surface area contributed by atoms with Gasteiger partial charge in [0.15, 0.2) is 0 Å². The zero-order valence-corrected chi connectivity index (χ0v) is 41.4. The summed E-state index contributed by atoms with van der Waals surface area (Å²) >= 11 is 0. The number of hydrogen-bond donors (Lipinski definition) is 0. The van der Waals surface area contributed by atoms with Crippen LogP contribution in [0, 0.1) is 0 Å². The number of fused-ring (bicyclic) bond motifs is 4. The van der Waals surface area contributed by atoms with E-state index < -0.39 is 0 Å². The van der Waals surface area contributed by atoms with Crippen LogP contribution >= 0.6 is 0 Å². The standard InChI is InChI=1S/C40H47B21/c41-20-15-13(14-16-19(31(52)34(55)26(14)47)32(53)40(61)39(60)27(16)48)25(46)33(54)30(51)18(15)29(50)28(49)17(20)8-11-9(21(42)35(56)37(58)23(11)44)7(6-4-2-1-3-5-6)10-12(8)24(45)38(59)36(57)22(10)43/h1-5H,41-61H2. The topological polar surface area (TPSA) is 0 Å². The Labute approximate surface area is 384 Å². The highest BCUT2D eigenvalue weighted by atomic mass is 14.3. The highest BCUT2D eigenvalue weighted by Crippen LogP contribution is 2.40. The molecule has 0 N–H and O–H groups in total. The molecule has 0 fully saturated rings. The van der Waals surface area contributed by atoms with Crippen molar-refractivity contribution in [2.75, 3.05) is 0 Å². The first kappa shape index (κ1) is 43.8. The maximum Gasteiger partial charge on any atom is 0.140 e. The lowest BCUT2D eigenvalue weighted by Gasteiger charge is -2.32. The van der Waals surface area contributed by atoms with Gasteiger partial charge in [0.05, 0.1) is 0 Å². The van der Waals surface area contributed by atoms with Gasteiger partial charge in [-0.05, 0) is 76.5 Å². The molecule has 0 saturated carbocycles. The van der Waals surface area contributed by atoms with Crippen molar-refractivity contribution in [3.63, 3.8) is 0 Å². The van der Waals surface area contributed by atoms with Gasteiger partial charge in [-0.1, -0.05) is 101 Å². The van der Waals surface area contributed by atoms with E-state index in [0.29, 0.717) is 0 Å². The van der Waals surface area contributed by atoms with Gasteiger partial charge in [0.1, 0.15) is 165 Å². The molecule has 270 valence electrons. The van der Waals surface area contributed by atoms with E-state index in [1.54, 1.807) is 0 Å². The molecule has 0 atom stereocenters. The lowest BCUT2D eigenvalue weighted by atomic mass is 9.55. The molecule has 0 aliphatic heterocycles. The average molecular weight is 755 g/mol. The fourth-order valence-corrected chi connectivity index (χ4v) is 12.0. The van der Waals surface area contributed by atoms with Gasteiger partial charge < -0.3 is 0 Å². The van der Waals surface area contributed by atoms with Crippen LogP contribution in [0.4, 0.5) is 0 Å². The van der Waals surface area contributed by atoms with Gasteiger partial charge in [0, 0.05) is 0 Å². The first-order chi connectivity index (χ1) is 28.6. The van der Waals surface area contributed by atoms with Crippen molar-refractivity contribution < 1.29 is 0 Å². The van der Waals surface area contributed by atoms with E-state index in [1.165, 1.54) is 191 Å². The van der Waals surface area contributed by atoms with Gasteiger partial charge in [-0.3, -0.25) is 0 Å². The van der Waals surface area contributed by atoms with Gasteiger partial charge in [-0.15, -0.1) is 43.7 Å². The van der Waals surface area contributed by atoms with Gasteiger partial charge in [-0.2, -0.15) is 0 Å². The Hall–Kier alpha value is -3.84. The second-order valence-electron chi connectivity index (χ2n) is 19.4. The van der Waals surface area contributed by atoms with Gasteiger partial charge >= 0.3 is 0 Å². The second-order valence-corrected chi connectivity index (χ2v) is 19.4. The Morgan fingerprint density at radius 1 is 0.164 bits per heavy atom. The third-order valence-electron chi connectivity index (χ3n) is 17.2. The molecule has 0 bridgehead atoms. The van der Waals surface area contributed by atoms with Gasteiger partial charge in [-0.25, -0.2) is 0 Å². The molecular weight excluding hydrogens is 707 g/mol. The highest BCUT2D eigenvalue weighted by Gasteiger charge is 2.30. The molecule has 0 amide bonds. The summed E-state index contributed by atoms with van der Waals surface area (Å²) < 4.78 is 0. The maximum atomic E-state index is 2.48. The molecule has 0 unspecified atom stereocenters. The van der Waals surface area contributed by atoms with E-state index in [0.717, 1.165) is 0 Å². The minimum absolute atomic E-state index is 1.29. The number of rotatable bonds is 3. The molecular formula is C40H47B21. The lowest BCUT2D eigenvalue weighted by Crippen LogP contribution is -2.53. The normalized spacial score (nSPS) is 11.7. The van der Waals surface area contributed by atoms with Crippen molar-refractivity contribution in [1.82, 2.24) is 0 Å². The van der Waals surface area contributed by atoms with Crippen molar-refractivity contribution in [2.45, 2.75) is 0 Å². The van der Waals surface area contributed by atoms with E-state index in [4.69, 9.17) is 0 Å². The molecule has 61 heavy (non-hydrogen) atoms. The Balaban J connectivity index is 1.75. The molecule has 0 radical (unpaired) electrons. The number of benzene rings is 8. The molecule has 0 heterocycles. The summed E-state index contributed by atoms with van der Waals surface area (Å²) in [6.07, 6.45) is 0. The molecule has 0 aromatic heterocycles. The lowest BCUT2D eigenvalue weighted by molar-refractivity contribution is 1.69. The zero-order chi connectivity index (χ0) is 44.7. The van der Waals surface area contributed by atoms with Crippen LogP contribution in [-0.2, 0) is 0 Å². The summed E-state index contributed by atoms with van der Waals surface area (Å²) in [5, 5.41) is 11.4. The summed E-state index contributed by atoms with van der Waals surface area (Å²) in [5.41, 5.74) is 37.8. The Bertz CT molecular complexity index is 3270. The van der Waals surface area contributed by atoms with Gasteiger partial charge in [0.2, 0.25) is 0 Å². The first-order valence-corrected chi connectivity index (χ1v) is 22.7. The largest absolute Gasteiger partial charge is 0.140 e. The van der Waals surface area contributed by atoms with E-state index >= 15 is 0 Å². The van der Waals surface area contributed by atoms with Crippen molar-refractivity contribution in [3.8, 4) is 33.4 Å². The molecule has 0 aliphatic rings. The Morgan fingerprint density at radius 2 is 0.393 bits per heavy atom. The molecule has 8 rings (SSSR count). The summed E-state index contributed by atoms with van der Waals surface area (Å²) in [4.78, 5) is 0. The van der Waals surface area contributed by atoms with Crippen LogP contribution in [0.25, 0.3) is 76.5 Å². The van der Waals surface area contributed by atoms with Crippen LogP contribution in [0.15, 0.2) is 30.3 Å². The smallest absolute Gasteiger partial charge is 0.101 e. The fraction of sp³-hybridized carbons (Fsp3) is 0. The molecule has 8 aromatic rings. The van der Waals surface area contributed by atoms with E-state index in [1.807, 2.05) is 0 Å². The molecule has 0 spiro atoms. The first-order valence-electron chi connectivity index (χ1n) is 22.7. The summed E-state index contributed by atoms with van der Waals surface area (Å²) in [5.74, 6) is 0. The maximum absolute atomic E-state index is 2.48. The third-order valence-corrected chi connectivity index (χ3v) is 17.2. The van der Waals surface area contributed by atoms with Crippen molar-refractivity contribution in [2.24, 2.45) is 0 Å².